The van der Waals surface area contributed by atoms with E-state index in [1.807, 2.05) is 0 Å². The molecule has 0 saturated carbocycles. The van der Waals surface area contributed by atoms with E-state index in [2.05, 4.69) is 0 Å². The van der Waals surface area contributed by atoms with Gasteiger partial charge in [0.1, 0.15) is 0 Å². The van der Waals surface area contributed by atoms with Crippen LogP contribution in [-0.2, 0) is 0 Å². The van der Waals surface area contributed by atoms with E-state index in [1.165, 1.54) is 12.2 Å². The van der Waals surface area contributed by atoms with Crippen LogP contribution in [0, 0.1) is 54.6 Å². The molecule has 0 aliphatic heterocycles. The Labute approximate surface area is 71.1 Å². The van der Waals surface area contributed by atoms with Crippen molar-refractivity contribution in [2.75, 3.05) is 0 Å². The van der Waals surface area contributed by atoms with Crippen LogP contribution in [0.15, 0.2) is 12.2 Å². The van der Waals surface area contributed by atoms with E-state index in [0.717, 1.165) is 0 Å². The molecule has 1 nitrogen and oxygen atoms in total. The van der Waals surface area contributed by atoms with Crippen molar-refractivity contribution in [2.24, 2.45) is 0 Å². The quantitative estimate of drug-likeness (QED) is 0.385. The van der Waals surface area contributed by atoms with Gasteiger partial charge in [-0.1, -0.05) is 0 Å². The number of rotatable bonds is 1. The fraction of sp³-hybridized carbons (Fsp3) is 0. The van der Waals surface area contributed by atoms with Crippen molar-refractivity contribution in [1.82, 2.24) is 0 Å². The molecule has 6 heavy (non-hydrogen) atoms. The predicted octanol–water partition coefficient (Wildman–Crippen LogP) is 0.850. The van der Waals surface area contributed by atoms with Gasteiger partial charge >= 0.3 is 0 Å². The predicted molar refractivity (Wildman–Crippen MR) is 19.3 cm³/mol. The Morgan fingerprint density at radius 1 is 1.67 bits per heavy atom. The van der Waals surface area contributed by atoms with Crippen molar-refractivity contribution in [3.63, 3.8) is 0 Å². The van der Waals surface area contributed by atoms with Crippen LogP contribution in [0.2, 0.25) is 0 Å². The summed E-state index contributed by atoms with van der Waals surface area (Å²) < 4.78 is 0. The molecule has 32 valence electrons. The zero-order chi connectivity index (χ0) is 4.12. The zero-order valence-corrected chi connectivity index (χ0v) is 6.32. The van der Waals surface area contributed by atoms with Crippen LogP contribution in [0.1, 0.15) is 0 Å². The molecule has 0 aromatic carbocycles. The molecule has 0 aromatic rings. The van der Waals surface area contributed by atoms with E-state index in [9.17, 15) is 0 Å². The Morgan fingerprint density at radius 3 is 2.17 bits per heavy atom. The largest absolute Gasteiger partial charge is 0.626 e. The molecule has 0 spiro atoms. The Morgan fingerprint density at radius 2 is 2.17 bits per heavy atom. The van der Waals surface area contributed by atoms with Crippen LogP contribution >= 0.6 is 0 Å². The molecule has 0 aromatic heterocycles. The molecule has 0 aliphatic carbocycles. The fourth-order valence-corrected chi connectivity index (χ4v) is 0.0430. The van der Waals surface area contributed by atoms with E-state index >= 15 is 0 Å². The fourth-order valence-electron chi connectivity index (χ4n) is 0.0430. The molecular weight excluding hydrogens is 204 g/mol. The molecule has 0 fully saturated rings. The van der Waals surface area contributed by atoms with Gasteiger partial charge in [0, 0.05) is 41.7 Å². The smallest absolute Gasteiger partial charge is 0 e. The van der Waals surface area contributed by atoms with Crippen LogP contribution < -0.4 is 0 Å². The molecule has 0 heterocycles. The van der Waals surface area contributed by atoms with Gasteiger partial charge < -0.3 is 23.8 Å². The number of aliphatic hydroxyl groups is 1. The summed E-state index contributed by atoms with van der Waals surface area (Å²) in [5.41, 5.74) is 0. The molecule has 0 saturated heterocycles. The second-order valence-electron chi connectivity index (χ2n) is 0.488. The van der Waals surface area contributed by atoms with Gasteiger partial charge in [-0.05, 0) is 0 Å². The summed E-state index contributed by atoms with van der Waals surface area (Å²) in [5, 5.41) is 7.65. The third-order valence-corrected chi connectivity index (χ3v) is 0.171. The van der Waals surface area contributed by atoms with Gasteiger partial charge in [-0.25, -0.2) is 0 Å². The summed E-state index contributed by atoms with van der Waals surface area (Å²) in [6.45, 7) is 4.74. The summed E-state index contributed by atoms with van der Waals surface area (Å²) in [7, 11) is 0. The summed E-state index contributed by atoms with van der Waals surface area (Å²) in [6.07, 6.45) is 4.11. The first-order valence-electron chi connectivity index (χ1n) is 1.18. The second-order valence-corrected chi connectivity index (χ2v) is 0.488. The Bertz CT molecular complexity index is 49.5. The van der Waals surface area contributed by atoms with E-state index in [1.54, 1.807) is 6.26 Å². The maximum atomic E-state index is 7.65. The molecular formula is C4H4CeO-2. The van der Waals surface area contributed by atoms with Gasteiger partial charge in [-0.2, -0.15) is 6.26 Å². The Hall–Kier alpha value is 0.657. The summed E-state index contributed by atoms with van der Waals surface area (Å²) >= 11 is 0. The zero-order valence-electron chi connectivity index (χ0n) is 3.18. The van der Waals surface area contributed by atoms with Gasteiger partial charge in [-0.3, -0.25) is 0 Å². The van der Waals surface area contributed by atoms with E-state index in [4.69, 9.17) is 11.7 Å². The molecule has 0 aliphatic rings. The Balaban J connectivity index is 0. The molecule has 0 unspecified atom stereocenters. The Kier molecular flexibility index (Phi) is 15.0. The minimum absolute atomic E-state index is 0. The van der Waals surface area contributed by atoms with Crippen LogP contribution in [-0.4, -0.2) is 5.11 Å². The minimum atomic E-state index is 0. The maximum Gasteiger partial charge on any atom is 0 e. The van der Waals surface area contributed by atoms with Crippen molar-refractivity contribution >= 4 is 0 Å². The molecule has 0 rings (SSSR count). The van der Waals surface area contributed by atoms with Gasteiger partial charge in [0.15, 0.2) is 0 Å². The molecule has 0 bridgehead atoms. The van der Waals surface area contributed by atoms with Crippen molar-refractivity contribution in [1.29, 1.82) is 0 Å². The van der Waals surface area contributed by atoms with Gasteiger partial charge in [0.2, 0.25) is 0 Å². The number of hydrogen-bond acceptors (Lipinski definition) is 1. The maximum absolute atomic E-state index is 7.65. The van der Waals surface area contributed by atoms with Crippen LogP contribution in [0.3, 0.4) is 0 Å². The average Bonchev–Trinajstić information content (AvgIpc) is 1.41. The van der Waals surface area contributed by atoms with Crippen molar-refractivity contribution < 1.29 is 46.9 Å². The number of hydrogen-bond donors (Lipinski definition) is 1. The van der Waals surface area contributed by atoms with Crippen molar-refractivity contribution in [2.45, 2.75) is 0 Å². The average molecular weight is 208 g/mol. The third kappa shape index (κ3) is 8.82. The van der Waals surface area contributed by atoms with Crippen LogP contribution in [0.4, 0.5) is 0 Å². The molecule has 0 radical (unpaired) electrons. The van der Waals surface area contributed by atoms with Gasteiger partial charge in [-0.15, -0.1) is 0 Å². The molecule has 0 amide bonds. The first kappa shape index (κ1) is 9.82. The standard InChI is InChI=1S/C4H4O.Ce/c1-2-3-4-5;/h1-3,5H;/q-2;. The molecule has 2 heteroatoms. The minimum Gasteiger partial charge on any atom is -0.626 e. The summed E-state index contributed by atoms with van der Waals surface area (Å²) in [4.78, 5) is 0. The monoisotopic (exact) mass is 208 g/mol. The van der Waals surface area contributed by atoms with E-state index < -0.39 is 0 Å². The van der Waals surface area contributed by atoms with E-state index in [0.29, 0.717) is 0 Å². The van der Waals surface area contributed by atoms with E-state index in [-0.39, 0.29) is 41.7 Å². The van der Waals surface area contributed by atoms with Gasteiger partial charge in [0.25, 0.3) is 0 Å². The van der Waals surface area contributed by atoms with Crippen LogP contribution in [0.25, 0.3) is 0 Å². The first-order chi connectivity index (χ1) is 2.41. The topological polar surface area (TPSA) is 20.2 Å². The van der Waals surface area contributed by atoms with Gasteiger partial charge in [0.05, 0.1) is 0 Å². The third-order valence-electron chi connectivity index (χ3n) is 0.171. The normalized spacial score (nSPS) is 7.33. The summed E-state index contributed by atoms with van der Waals surface area (Å²) in [6, 6.07) is 0. The van der Waals surface area contributed by atoms with Crippen molar-refractivity contribution in [3.05, 3.63) is 25.0 Å². The second kappa shape index (κ2) is 9.17. The molecule has 1 N–H and O–H groups in total. The summed E-state index contributed by atoms with van der Waals surface area (Å²) in [5.74, 6) is 0. The number of aliphatic hydroxyl groups excluding tert-OH is 1. The first-order valence-corrected chi connectivity index (χ1v) is 1.18. The SMILES string of the molecule is [CH-]=CC=[C-]O.[Ce]. The molecule has 0 atom stereocenters. The van der Waals surface area contributed by atoms with Crippen molar-refractivity contribution in [3.8, 4) is 0 Å². The van der Waals surface area contributed by atoms with Crippen LogP contribution in [0.5, 0.6) is 0 Å². The number of allylic oxidation sites excluding steroid dienone is 2.